The van der Waals surface area contributed by atoms with Crippen molar-refractivity contribution in [2.24, 2.45) is 10.9 Å². The van der Waals surface area contributed by atoms with Crippen LogP contribution in [0.2, 0.25) is 0 Å². The molecule has 1 heteroatoms. The van der Waals surface area contributed by atoms with Crippen molar-refractivity contribution >= 4 is 5.71 Å². The van der Waals surface area contributed by atoms with Crippen molar-refractivity contribution in [2.75, 3.05) is 0 Å². The highest BCUT2D eigenvalue weighted by molar-refractivity contribution is 5.94. The maximum absolute atomic E-state index is 4.28. The smallest absolute Gasteiger partial charge is 0.0372 e. The third-order valence-electron chi connectivity index (χ3n) is 2.27. The molecule has 1 rings (SSSR count). The monoisotopic (exact) mass is 149 g/mol. The molecular formula is C10H15N. The van der Waals surface area contributed by atoms with Crippen molar-refractivity contribution in [3.63, 3.8) is 0 Å². The molecule has 1 nitrogen and oxygen atoms in total. The lowest BCUT2D eigenvalue weighted by Gasteiger charge is -2.09. The number of aliphatic imine (C=N–C) groups is 1. The molecule has 0 aromatic rings. The summed E-state index contributed by atoms with van der Waals surface area (Å²) in [6.07, 6.45) is 4.12. The van der Waals surface area contributed by atoms with Gasteiger partial charge in [-0.15, -0.1) is 0 Å². The van der Waals surface area contributed by atoms with E-state index >= 15 is 0 Å². The molecule has 1 aliphatic heterocycles. The summed E-state index contributed by atoms with van der Waals surface area (Å²) in [7, 11) is 0. The topological polar surface area (TPSA) is 12.4 Å². The van der Waals surface area contributed by atoms with Gasteiger partial charge in [-0.25, -0.2) is 0 Å². The molecule has 0 radical (unpaired) electrons. The highest BCUT2D eigenvalue weighted by Gasteiger charge is 2.08. The summed E-state index contributed by atoms with van der Waals surface area (Å²) in [6, 6.07) is 0. The Morgan fingerprint density at radius 2 is 1.82 bits per heavy atom. The molecule has 0 unspecified atom stereocenters. The fraction of sp³-hybridized carbons (Fsp3) is 0.500. The predicted molar refractivity (Wildman–Crippen MR) is 49.8 cm³/mol. The highest BCUT2D eigenvalue weighted by atomic mass is 14.7. The SMILES string of the molecule is CC1=CN=C(C)C=C(C)[C@@H]1C. The zero-order valence-electron chi connectivity index (χ0n) is 7.68. The first-order chi connectivity index (χ1) is 5.11. The highest BCUT2D eigenvalue weighted by Crippen LogP contribution is 2.21. The van der Waals surface area contributed by atoms with Crippen LogP contribution in [0.1, 0.15) is 27.7 Å². The molecule has 0 spiro atoms. The summed E-state index contributed by atoms with van der Waals surface area (Å²) in [6.45, 7) is 8.54. The zero-order valence-corrected chi connectivity index (χ0v) is 7.68. The number of rotatable bonds is 0. The van der Waals surface area contributed by atoms with E-state index in [-0.39, 0.29) is 0 Å². The van der Waals surface area contributed by atoms with Crippen LogP contribution in [-0.2, 0) is 0 Å². The van der Waals surface area contributed by atoms with E-state index in [9.17, 15) is 0 Å². The van der Waals surface area contributed by atoms with Crippen molar-refractivity contribution < 1.29 is 0 Å². The van der Waals surface area contributed by atoms with Gasteiger partial charge in [-0.2, -0.15) is 0 Å². The van der Waals surface area contributed by atoms with E-state index in [1.807, 2.05) is 13.1 Å². The fourth-order valence-electron chi connectivity index (χ4n) is 1.17. The third-order valence-corrected chi connectivity index (χ3v) is 2.27. The first-order valence-corrected chi connectivity index (χ1v) is 4.00. The average molecular weight is 149 g/mol. The van der Waals surface area contributed by atoms with Crippen LogP contribution >= 0.6 is 0 Å². The van der Waals surface area contributed by atoms with E-state index in [1.54, 1.807) is 0 Å². The molecule has 1 aliphatic rings. The van der Waals surface area contributed by atoms with Gasteiger partial charge in [0.2, 0.25) is 0 Å². The van der Waals surface area contributed by atoms with Crippen LogP contribution in [0, 0.1) is 5.92 Å². The molecule has 0 fully saturated rings. The Balaban J connectivity index is 3.02. The first-order valence-electron chi connectivity index (χ1n) is 4.00. The van der Waals surface area contributed by atoms with E-state index in [4.69, 9.17) is 0 Å². The molecule has 0 aromatic heterocycles. The Labute approximate surface area is 68.5 Å². The van der Waals surface area contributed by atoms with Crippen LogP contribution in [0.15, 0.2) is 28.4 Å². The standard InChI is InChI=1S/C10H15N/c1-7-5-9(3)11-6-8(2)10(7)4/h5-6,10H,1-4H3/t10-/m0/s1. The average Bonchev–Trinajstić information content (AvgIpc) is 2.05. The maximum atomic E-state index is 4.28. The molecule has 1 atom stereocenters. The van der Waals surface area contributed by atoms with Crippen LogP contribution in [0.4, 0.5) is 0 Å². The summed E-state index contributed by atoms with van der Waals surface area (Å²) >= 11 is 0. The van der Waals surface area contributed by atoms with Crippen molar-refractivity contribution in [3.8, 4) is 0 Å². The van der Waals surface area contributed by atoms with Gasteiger partial charge in [-0.3, -0.25) is 4.99 Å². The molecule has 11 heavy (non-hydrogen) atoms. The fourth-order valence-corrected chi connectivity index (χ4v) is 1.17. The third kappa shape index (κ3) is 1.79. The second kappa shape index (κ2) is 3.04. The minimum atomic E-state index is 0.552. The molecule has 0 N–H and O–H groups in total. The van der Waals surface area contributed by atoms with Crippen molar-refractivity contribution in [1.82, 2.24) is 0 Å². The van der Waals surface area contributed by atoms with Gasteiger partial charge in [0.15, 0.2) is 0 Å². The number of hydrogen-bond acceptors (Lipinski definition) is 1. The first kappa shape index (κ1) is 8.25. The van der Waals surface area contributed by atoms with E-state index < -0.39 is 0 Å². The summed E-state index contributed by atoms with van der Waals surface area (Å²) in [5, 5.41) is 0. The maximum Gasteiger partial charge on any atom is 0.0372 e. The summed E-state index contributed by atoms with van der Waals surface area (Å²) in [5.41, 5.74) is 3.85. The molecule has 0 bridgehead atoms. The van der Waals surface area contributed by atoms with E-state index in [0.29, 0.717) is 5.92 Å². The molecule has 1 heterocycles. The number of hydrogen-bond donors (Lipinski definition) is 0. The minimum absolute atomic E-state index is 0.552. The zero-order chi connectivity index (χ0) is 8.43. The molecule has 0 saturated heterocycles. The predicted octanol–water partition coefficient (Wildman–Crippen LogP) is 2.95. The summed E-state index contributed by atoms with van der Waals surface area (Å²) in [4.78, 5) is 4.28. The van der Waals surface area contributed by atoms with Gasteiger partial charge < -0.3 is 0 Å². The Kier molecular flexibility index (Phi) is 2.28. The van der Waals surface area contributed by atoms with Crippen molar-refractivity contribution in [1.29, 1.82) is 0 Å². The van der Waals surface area contributed by atoms with E-state index in [1.165, 1.54) is 11.1 Å². The number of allylic oxidation sites excluding steroid dienone is 3. The van der Waals surface area contributed by atoms with Crippen molar-refractivity contribution in [2.45, 2.75) is 27.7 Å². The van der Waals surface area contributed by atoms with Crippen LogP contribution in [0.3, 0.4) is 0 Å². The Morgan fingerprint density at radius 3 is 2.45 bits per heavy atom. The van der Waals surface area contributed by atoms with Gasteiger partial charge in [0.05, 0.1) is 0 Å². The van der Waals surface area contributed by atoms with Gasteiger partial charge in [0.25, 0.3) is 0 Å². The number of nitrogens with zero attached hydrogens (tertiary/aromatic N) is 1. The van der Waals surface area contributed by atoms with Gasteiger partial charge in [0.1, 0.15) is 0 Å². The summed E-state index contributed by atoms with van der Waals surface area (Å²) in [5.74, 6) is 0.552. The Hall–Kier alpha value is -0.850. The van der Waals surface area contributed by atoms with Gasteiger partial charge >= 0.3 is 0 Å². The molecular weight excluding hydrogens is 134 g/mol. The van der Waals surface area contributed by atoms with E-state index in [0.717, 1.165) is 5.71 Å². The lowest BCUT2D eigenvalue weighted by atomic mass is 9.95. The van der Waals surface area contributed by atoms with Gasteiger partial charge in [0, 0.05) is 11.9 Å². The van der Waals surface area contributed by atoms with Gasteiger partial charge in [-0.1, -0.05) is 12.5 Å². The Bertz CT molecular complexity index is 244. The van der Waals surface area contributed by atoms with Crippen LogP contribution in [0.5, 0.6) is 0 Å². The quantitative estimate of drug-likeness (QED) is 0.502. The second-order valence-electron chi connectivity index (χ2n) is 3.25. The van der Waals surface area contributed by atoms with Gasteiger partial charge in [-0.05, 0) is 38.3 Å². The lowest BCUT2D eigenvalue weighted by Crippen LogP contribution is -1.97. The molecule has 60 valence electrons. The molecule has 0 aromatic carbocycles. The lowest BCUT2D eigenvalue weighted by molar-refractivity contribution is 0.801. The normalized spacial score (nSPS) is 25.1. The van der Waals surface area contributed by atoms with E-state index in [2.05, 4.69) is 31.8 Å². The molecule has 0 saturated carbocycles. The second-order valence-corrected chi connectivity index (χ2v) is 3.25. The van der Waals surface area contributed by atoms with Crippen LogP contribution in [-0.4, -0.2) is 5.71 Å². The molecule has 0 aliphatic carbocycles. The van der Waals surface area contributed by atoms with Crippen LogP contribution in [0.25, 0.3) is 0 Å². The van der Waals surface area contributed by atoms with Crippen LogP contribution < -0.4 is 0 Å². The minimum Gasteiger partial charge on any atom is -0.262 e. The largest absolute Gasteiger partial charge is 0.262 e. The van der Waals surface area contributed by atoms with Crippen molar-refractivity contribution in [3.05, 3.63) is 23.4 Å². The molecule has 0 amide bonds. The summed E-state index contributed by atoms with van der Waals surface area (Å²) < 4.78 is 0. The Morgan fingerprint density at radius 1 is 1.18 bits per heavy atom.